The molecule has 1 atom stereocenters. The molecule has 1 aromatic heterocycles. The zero-order chi connectivity index (χ0) is 12.3. The maximum Gasteiger partial charge on any atom is 0.0847 e. The number of aromatic nitrogens is 2. The van der Waals surface area contributed by atoms with Crippen LogP contribution in [0.15, 0.2) is 0 Å². The zero-order valence-corrected chi connectivity index (χ0v) is 11.0. The molecule has 0 aromatic carbocycles. The van der Waals surface area contributed by atoms with Crippen LogP contribution in [-0.2, 0) is 13.5 Å². The largest absolute Gasteiger partial charge is 0.308 e. The Morgan fingerprint density at radius 1 is 1.56 bits per heavy atom. The van der Waals surface area contributed by atoms with Crippen LogP contribution in [0.2, 0.25) is 5.02 Å². The van der Waals surface area contributed by atoms with Crippen molar-refractivity contribution in [1.29, 1.82) is 0 Å². The first-order valence-electron chi connectivity index (χ1n) is 5.24. The third-order valence-corrected chi connectivity index (χ3v) is 3.01. The van der Waals surface area contributed by atoms with E-state index in [9.17, 15) is 0 Å². The molecule has 0 radical (unpaired) electrons. The monoisotopic (exact) mass is 245 g/mol. The van der Waals surface area contributed by atoms with Crippen molar-refractivity contribution in [2.24, 2.45) is 12.9 Å². The Morgan fingerprint density at radius 3 is 2.56 bits per heavy atom. The molecular formula is C10H20ClN5. The van der Waals surface area contributed by atoms with Gasteiger partial charge in [-0.3, -0.25) is 16.0 Å². The minimum atomic E-state index is 0.169. The van der Waals surface area contributed by atoms with Gasteiger partial charge in [0.25, 0.3) is 0 Å². The summed E-state index contributed by atoms with van der Waals surface area (Å²) < 4.78 is 1.82. The van der Waals surface area contributed by atoms with E-state index in [1.165, 1.54) is 0 Å². The normalized spacial score (nSPS) is 13.4. The standard InChI is InChI=1S/C10H20ClN5/c1-7-10(11)9(16(4)14-7)5-8(13-12)6-15(2)3/h8,13H,5-6,12H2,1-4H3. The average molecular weight is 246 g/mol. The number of aryl methyl sites for hydroxylation is 2. The summed E-state index contributed by atoms with van der Waals surface area (Å²) in [6.07, 6.45) is 0.769. The number of likely N-dealkylation sites (N-methyl/N-ethyl adjacent to an activating group) is 1. The van der Waals surface area contributed by atoms with E-state index in [4.69, 9.17) is 17.4 Å². The molecule has 0 saturated heterocycles. The van der Waals surface area contributed by atoms with Crippen molar-refractivity contribution in [2.45, 2.75) is 19.4 Å². The molecular weight excluding hydrogens is 226 g/mol. The fourth-order valence-corrected chi connectivity index (χ4v) is 1.99. The van der Waals surface area contributed by atoms with E-state index in [1.54, 1.807) is 0 Å². The number of hydrazine groups is 1. The number of nitrogens with two attached hydrogens (primary N) is 1. The van der Waals surface area contributed by atoms with Gasteiger partial charge in [-0.15, -0.1) is 0 Å². The van der Waals surface area contributed by atoms with E-state index in [2.05, 4.69) is 15.4 Å². The van der Waals surface area contributed by atoms with E-state index in [1.807, 2.05) is 32.7 Å². The Morgan fingerprint density at radius 2 is 2.19 bits per heavy atom. The first-order chi connectivity index (χ1) is 7.45. The van der Waals surface area contributed by atoms with Gasteiger partial charge in [0.1, 0.15) is 0 Å². The molecule has 0 aliphatic carbocycles. The highest BCUT2D eigenvalue weighted by molar-refractivity contribution is 6.31. The molecule has 5 nitrogen and oxygen atoms in total. The van der Waals surface area contributed by atoms with E-state index in [-0.39, 0.29) is 6.04 Å². The minimum absolute atomic E-state index is 0.169. The molecule has 3 N–H and O–H groups in total. The number of halogens is 1. The van der Waals surface area contributed by atoms with Gasteiger partial charge in [0.05, 0.1) is 16.4 Å². The number of nitrogens with zero attached hydrogens (tertiary/aromatic N) is 3. The van der Waals surface area contributed by atoms with Gasteiger partial charge >= 0.3 is 0 Å². The van der Waals surface area contributed by atoms with Gasteiger partial charge in [0, 0.05) is 26.1 Å². The third kappa shape index (κ3) is 3.18. The highest BCUT2D eigenvalue weighted by Crippen LogP contribution is 2.20. The van der Waals surface area contributed by atoms with Crippen LogP contribution in [0.4, 0.5) is 0 Å². The first kappa shape index (κ1) is 13.4. The molecule has 1 unspecified atom stereocenters. The molecule has 1 rings (SSSR count). The molecule has 0 bridgehead atoms. The predicted molar refractivity (Wildman–Crippen MR) is 66.3 cm³/mol. The second kappa shape index (κ2) is 5.63. The summed E-state index contributed by atoms with van der Waals surface area (Å²) in [4.78, 5) is 2.08. The number of hydrogen-bond donors (Lipinski definition) is 2. The van der Waals surface area contributed by atoms with Gasteiger partial charge in [0.15, 0.2) is 0 Å². The molecule has 1 heterocycles. The maximum absolute atomic E-state index is 6.19. The van der Waals surface area contributed by atoms with E-state index < -0.39 is 0 Å². The van der Waals surface area contributed by atoms with E-state index >= 15 is 0 Å². The van der Waals surface area contributed by atoms with Crippen molar-refractivity contribution < 1.29 is 0 Å². The zero-order valence-electron chi connectivity index (χ0n) is 10.3. The lowest BCUT2D eigenvalue weighted by Crippen LogP contribution is -2.44. The summed E-state index contributed by atoms with van der Waals surface area (Å²) in [5.41, 5.74) is 4.68. The van der Waals surface area contributed by atoms with Crippen LogP contribution in [0.3, 0.4) is 0 Å². The fourth-order valence-electron chi connectivity index (χ4n) is 1.75. The lowest BCUT2D eigenvalue weighted by Gasteiger charge is -2.20. The Hall–Kier alpha value is -0.620. The molecule has 1 aromatic rings. The van der Waals surface area contributed by atoms with Gasteiger partial charge < -0.3 is 4.90 Å². The summed E-state index contributed by atoms with van der Waals surface area (Å²) in [7, 11) is 5.93. The van der Waals surface area contributed by atoms with Gasteiger partial charge in [-0.05, 0) is 21.0 Å². The summed E-state index contributed by atoms with van der Waals surface area (Å²) in [5, 5.41) is 5.02. The van der Waals surface area contributed by atoms with Crippen LogP contribution >= 0.6 is 11.6 Å². The molecule has 0 fully saturated rings. The second-order valence-corrected chi connectivity index (χ2v) is 4.68. The smallest absolute Gasteiger partial charge is 0.0847 e. The van der Waals surface area contributed by atoms with Crippen LogP contribution in [0.5, 0.6) is 0 Å². The van der Waals surface area contributed by atoms with Crippen LogP contribution in [-0.4, -0.2) is 41.4 Å². The summed E-state index contributed by atoms with van der Waals surface area (Å²) in [6, 6.07) is 0.169. The van der Waals surface area contributed by atoms with E-state index in [0.29, 0.717) is 0 Å². The molecule has 92 valence electrons. The van der Waals surface area contributed by atoms with Crippen molar-refractivity contribution in [3.05, 3.63) is 16.4 Å². The summed E-state index contributed by atoms with van der Waals surface area (Å²) in [6.45, 7) is 2.76. The van der Waals surface area contributed by atoms with Gasteiger partial charge in [-0.2, -0.15) is 5.10 Å². The highest BCUT2D eigenvalue weighted by atomic mass is 35.5. The molecule has 0 aliphatic rings. The summed E-state index contributed by atoms with van der Waals surface area (Å²) in [5.74, 6) is 5.53. The summed E-state index contributed by atoms with van der Waals surface area (Å²) >= 11 is 6.19. The van der Waals surface area contributed by atoms with Crippen LogP contribution < -0.4 is 11.3 Å². The van der Waals surface area contributed by atoms with Crippen LogP contribution in [0.25, 0.3) is 0 Å². The molecule has 0 aliphatic heterocycles. The Balaban J connectivity index is 2.77. The minimum Gasteiger partial charge on any atom is -0.308 e. The van der Waals surface area contributed by atoms with Gasteiger partial charge in [-0.1, -0.05) is 11.6 Å². The molecule has 0 spiro atoms. The van der Waals surface area contributed by atoms with Gasteiger partial charge in [-0.25, -0.2) is 0 Å². The predicted octanol–water partition coefficient (Wildman–Crippen LogP) is 0.318. The fraction of sp³-hybridized carbons (Fsp3) is 0.700. The van der Waals surface area contributed by atoms with Crippen molar-refractivity contribution in [2.75, 3.05) is 20.6 Å². The number of rotatable bonds is 5. The second-order valence-electron chi connectivity index (χ2n) is 4.30. The lowest BCUT2D eigenvalue weighted by molar-refractivity contribution is 0.335. The molecule has 0 amide bonds. The Bertz CT molecular complexity index is 347. The van der Waals surface area contributed by atoms with Crippen molar-refractivity contribution in [1.82, 2.24) is 20.1 Å². The maximum atomic E-state index is 6.19. The highest BCUT2D eigenvalue weighted by Gasteiger charge is 2.16. The van der Waals surface area contributed by atoms with Crippen molar-refractivity contribution in [3.8, 4) is 0 Å². The first-order valence-corrected chi connectivity index (χ1v) is 5.62. The molecule has 16 heavy (non-hydrogen) atoms. The SMILES string of the molecule is Cc1nn(C)c(CC(CN(C)C)NN)c1Cl. The molecule has 0 saturated carbocycles. The number of nitrogens with one attached hydrogen (secondary N) is 1. The van der Waals surface area contributed by atoms with Crippen molar-refractivity contribution >= 4 is 11.6 Å². The topological polar surface area (TPSA) is 59.1 Å². The average Bonchev–Trinajstić information content (AvgIpc) is 2.43. The van der Waals surface area contributed by atoms with Crippen molar-refractivity contribution in [3.63, 3.8) is 0 Å². The third-order valence-electron chi connectivity index (χ3n) is 2.52. The van der Waals surface area contributed by atoms with E-state index in [0.717, 1.165) is 29.4 Å². The quantitative estimate of drug-likeness (QED) is 0.580. The molecule has 6 heteroatoms. The Kier molecular flexibility index (Phi) is 4.73. The number of hydrogen-bond acceptors (Lipinski definition) is 4. The van der Waals surface area contributed by atoms with Gasteiger partial charge in [0.2, 0.25) is 0 Å². The lowest BCUT2D eigenvalue weighted by atomic mass is 10.1. The van der Waals surface area contributed by atoms with Crippen LogP contribution in [0.1, 0.15) is 11.4 Å². The van der Waals surface area contributed by atoms with Crippen LogP contribution in [0, 0.1) is 6.92 Å². The Labute approximate surface area is 102 Å².